The maximum Gasteiger partial charge on any atom is 0.310 e. The van der Waals surface area contributed by atoms with E-state index in [9.17, 15) is 9.59 Å². The summed E-state index contributed by atoms with van der Waals surface area (Å²) in [5.41, 5.74) is 0. The summed E-state index contributed by atoms with van der Waals surface area (Å²) in [7, 11) is 1.39. The largest absolute Gasteiger partial charge is 0.469 e. The maximum absolute atomic E-state index is 12.1. The molecule has 0 bridgehead atoms. The van der Waals surface area contributed by atoms with Crippen molar-refractivity contribution in [3.8, 4) is 0 Å². The second-order valence-corrected chi connectivity index (χ2v) is 6.09. The van der Waals surface area contributed by atoms with Gasteiger partial charge in [0.1, 0.15) is 0 Å². The van der Waals surface area contributed by atoms with E-state index in [0.717, 1.165) is 19.3 Å². The van der Waals surface area contributed by atoms with Crippen LogP contribution in [0.2, 0.25) is 0 Å². The third kappa shape index (κ3) is 4.84. The lowest BCUT2D eigenvalue weighted by molar-refractivity contribution is -0.147. The predicted octanol–water partition coefficient (Wildman–Crippen LogP) is 2.37. The lowest BCUT2D eigenvalue weighted by Gasteiger charge is -2.27. The van der Waals surface area contributed by atoms with Gasteiger partial charge in [0.25, 0.3) is 0 Å². The SMILES string of the molecule is COC(=O)C(CNC(=O)C1CCCC(C)C1)C(C)C. The minimum atomic E-state index is -0.255. The third-order valence-corrected chi connectivity index (χ3v) is 4.11. The summed E-state index contributed by atoms with van der Waals surface area (Å²) in [5, 5.41) is 2.93. The van der Waals surface area contributed by atoms with Crippen LogP contribution in [0, 0.1) is 23.7 Å². The van der Waals surface area contributed by atoms with E-state index in [0.29, 0.717) is 12.5 Å². The Kier molecular flexibility index (Phi) is 6.32. The van der Waals surface area contributed by atoms with Crippen LogP contribution in [0.4, 0.5) is 0 Å². The molecule has 1 saturated carbocycles. The zero-order valence-electron chi connectivity index (χ0n) is 12.6. The zero-order valence-corrected chi connectivity index (χ0v) is 12.6. The second-order valence-electron chi connectivity index (χ2n) is 6.09. The zero-order chi connectivity index (χ0) is 14.4. The Labute approximate surface area is 116 Å². The van der Waals surface area contributed by atoms with Gasteiger partial charge in [0.05, 0.1) is 13.0 Å². The number of esters is 1. The second kappa shape index (κ2) is 7.51. The van der Waals surface area contributed by atoms with E-state index in [1.807, 2.05) is 13.8 Å². The van der Waals surface area contributed by atoms with Crippen LogP contribution >= 0.6 is 0 Å². The summed E-state index contributed by atoms with van der Waals surface area (Å²) in [6.07, 6.45) is 4.29. The Morgan fingerprint density at radius 3 is 2.53 bits per heavy atom. The molecule has 3 unspecified atom stereocenters. The van der Waals surface area contributed by atoms with Gasteiger partial charge >= 0.3 is 5.97 Å². The molecule has 1 fully saturated rings. The molecule has 1 N–H and O–H groups in total. The fourth-order valence-electron chi connectivity index (χ4n) is 2.77. The molecule has 110 valence electrons. The van der Waals surface area contributed by atoms with E-state index in [1.54, 1.807) is 0 Å². The van der Waals surface area contributed by atoms with E-state index >= 15 is 0 Å². The molecule has 3 atom stereocenters. The lowest BCUT2D eigenvalue weighted by atomic mass is 9.82. The first kappa shape index (κ1) is 16.0. The van der Waals surface area contributed by atoms with E-state index < -0.39 is 0 Å². The molecule has 0 spiro atoms. The first-order valence-corrected chi connectivity index (χ1v) is 7.31. The minimum absolute atomic E-state index is 0.0982. The summed E-state index contributed by atoms with van der Waals surface area (Å²) in [6, 6.07) is 0. The van der Waals surface area contributed by atoms with Gasteiger partial charge in [-0.2, -0.15) is 0 Å². The molecule has 0 aromatic heterocycles. The molecule has 1 rings (SSSR count). The van der Waals surface area contributed by atoms with Gasteiger partial charge in [-0.15, -0.1) is 0 Å². The van der Waals surface area contributed by atoms with Crippen molar-refractivity contribution in [3.05, 3.63) is 0 Å². The van der Waals surface area contributed by atoms with Crippen LogP contribution < -0.4 is 5.32 Å². The van der Waals surface area contributed by atoms with Crippen molar-refractivity contribution in [3.63, 3.8) is 0 Å². The van der Waals surface area contributed by atoms with Gasteiger partial charge in [0.2, 0.25) is 5.91 Å². The molecule has 0 saturated heterocycles. The summed E-state index contributed by atoms with van der Waals surface area (Å²) >= 11 is 0. The van der Waals surface area contributed by atoms with Crippen molar-refractivity contribution >= 4 is 11.9 Å². The van der Waals surface area contributed by atoms with E-state index in [2.05, 4.69) is 12.2 Å². The van der Waals surface area contributed by atoms with Crippen molar-refractivity contribution in [2.75, 3.05) is 13.7 Å². The summed E-state index contributed by atoms with van der Waals surface area (Å²) in [4.78, 5) is 23.7. The predicted molar refractivity (Wildman–Crippen MR) is 74.5 cm³/mol. The first-order valence-electron chi connectivity index (χ1n) is 7.31. The van der Waals surface area contributed by atoms with Crippen LogP contribution in [0.25, 0.3) is 0 Å². The van der Waals surface area contributed by atoms with Gasteiger partial charge in [-0.3, -0.25) is 9.59 Å². The van der Waals surface area contributed by atoms with Crippen LogP contribution in [-0.4, -0.2) is 25.5 Å². The van der Waals surface area contributed by atoms with Crippen molar-refractivity contribution in [2.45, 2.75) is 46.5 Å². The highest BCUT2D eigenvalue weighted by Crippen LogP contribution is 2.28. The maximum atomic E-state index is 12.1. The number of hydrogen-bond donors (Lipinski definition) is 1. The topological polar surface area (TPSA) is 55.4 Å². The lowest BCUT2D eigenvalue weighted by Crippen LogP contribution is -2.40. The molecule has 19 heavy (non-hydrogen) atoms. The van der Waals surface area contributed by atoms with Crippen molar-refractivity contribution in [1.29, 1.82) is 0 Å². The number of rotatable bonds is 5. The number of amides is 1. The molecule has 4 heteroatoms. The van der Waals surface area contributed by atoms with Crippen LogP contribution in [0.3, 0.4) is 0 Å². The first-order chi connectivity index (χ1) is 8.95. The van der Waals surface area contributed by atoms with Gasteiger partial charge in [-0.1, -0.05) is 33.6 Å². The van der Waals surface area contributed by atoms with Gasteiger partial charge < -0.3 is 10.1 Å². The fraction of sp³-hybridized carbons (Fsp3) is 0.867. The summed E-state index contributed by atoms with van der Waals surface area (Å²) < 4.78 is 4.78. The van der Waals surface area contributed by atoms with Gasteiger partial charge in [-0.05, 0) is 24.7 Å². The van der Waals surface area contributed by atoms with E-state index in [4.69, 9.17) is 4.74 Å². The molecule has 1 aliphatic carbocycles. The normalized spacial score (nSPS) is 24.9. The van der Waals surface area contributed by atoms with Gasteiger partial charge in [0.15, 0.2) is 0 Å². The Hall–Kier alpha value is -1.06. The molecule has 0 radical (unpaired) electrons. The molecule has 0 heterocycles. The van der Waals surface area contributed by atoms with Crippen LogP contribution in [-0.2, 0) is 14.3 Å². The quantitative estimate of drug-likeness (QED) is 0.780. The third-order valence-electron chi connectivity index (χ3n) is 4.11. The van der Waals surface area contributed by atoms with Gasteiger partial charge in [-0.25, -0.2) is 0 Å². The Morgan fingerprint density at radius 2 is 2.00 bits per heavy atom. The van der Waals surface area contributed by atoms with Crippen molar-refractivity contribution < 1.29 is 14.3 Å². The number of carbonyl (C=O) groups is 2. The van der Waals surface area contributed by atoms with Crippen LogP contribution in [0.1, 0.15) is 46.5 Å². The van der Waals surface area contributed by atoms with E-state index in [1.165, 1.54) is 13.5 Å². The van der Waals surface area contributed by atoms with E-state index in [-0.39, 0.29) is 29.6 Å². The molecular weight excluding hydrogens is 242 g/mol. The number of ether oxygens (including phenoxy) is 1. The summed E-state index contributed by atoms with van der Waals surface area (Å²) in [6.45, 7) is 6.52. The average molecular weight is 269 g/mol. The standard InChI is InChI=1S/C15H27NO3/c1-10(2)13(15(18)19-4)9-16-14(17)12-7-5-6-11(3)8-12/h10-13H,5-9H2,1-4H3,(H,16,17). The highest BCUT2D eigenvalue weighted by atomic mass is 16.5. The Morgan fingerprint density at radius 1 is 1.32 bits per heavy atom. The minimum Gasteiger partial charge on any atom is -0.469 e. The van der Waals surface area contributed by atoms with Crippen LogP contribution in [0.15, 0.2) is 0 Å². The van der Waals surface area contributed by atoms with Crippen molar-refractivity contribution in [2.24, 2.45) is 23.7 Å². The average Bonchev–Trinajstić information content (AvgIpc) is 2.37. The highest BCUT2D eigenvalue weighted by molar-refractivity contribution is 5.80. The number of methoxy groups -OCH3 is 1. The monoisotopic (exact) mass is 269 g/mol. The molecule has 4 nitrogen and oxygen atoms in total. The summed E-state index contributed by atoms with van der Waals surface area (Å²) in [5.74, 6) is 0.515. The number of hydrogen-bond acceptors (Lipinski definition) is 3. The Bertz CT molecular complexity index is 315. The Balaban J connectivity index is 2.45. The smallest absolute Gasteiger partial charge is 0.310 e. The number of nitrogens with one attached hydrogen (secondary N) is 1. The molecular formula is C15H27NO3. The highest BCUT2D eigenvalue weighted by Gasteiger charge is 2.28. The molecule has 0 aromatic carbocycles. The fourth-order valence-corrected chi connectivity index (χ4v) is 2.77. The van der Waals surface area contributed by atoms with Gasteiger partial charge in [0, 0.05) is 12.5 Å². The molecule has 0 aromatic rings. The number of carbonyl (C=O) groups excluding carboxylic acids is 2. The van der Waals surface area contributed by atoms with Crippen molar-refractivity contribution in [1.82, 2.24) is 5.32 Å². The molecule has 1 aliphatic rings. The molecule has 1 amide bonds. The van der Waals surface area contributed by atoms with Crippen LogP contribution in [0.5, 0.6) is 0 Å². The molecule has 0 aliphatic heterocycles.